The first kappa shape index (κ1) is 28.5. The maximum absolute atomic E-state index is 13.3. The maximum Gasteiger partial charge on any atom is 2.00 e. The molecule has 2 fully saturated rings. The van der Waals surface area contributed by atoms with Gasteiger partial charge >= 0.3 is 37.1 Å². The van der Waals surface area contributed by atoms with Gasteiger partial charge in [0.2, 0.25) is 0 Å². The Kier molecular flexibility index (Phi) is 9.46. The van der Waals surface area contributed by atoms with Crippen LogP contribution in [0.1, 0.15) is 69.4 Å². The SMILES string of the molecule is COc1ccc[c-]c1-c1cc(C(=O)NC2(CC(=O)O)C[C@H]2C(C)C)nn1C1CCC(C)C1.[CH3-].[U+2]. The number of hydrogen-bond acceptors (Lipinski definition) is 4. The molecule has 1 aromatic heterocycles. The van der Waals surface area contributed by atoms with Gasteiger partial charge in [-0.25, -0.2) is 0 Å². The van der Waals surface area contributed by atoms with Crippen molar-refractivity contribution in [1.29, 1.82) is 0 Å². The number of benzene rings is 1. The van der Waals surface area contributed by atoms with Crippen molar-refractivity contribution >= 4 is 11.9 Å². The monoisotopic (exact) mass is 691 g/mol. The summed E-state index contributed by atoms with van der Waals surface area (Å²) in [5.74, 6) is 0.510. The summed E-state index contributed by atoms with van der Waals surface area (Å²) in [5.41, 5.74) is 1.18. The zero-order valence-electron chi connectivity index (χ0n) is 20.7. The van der Waals surface area contributed by atoms with E-state index in [-0.39, 0.29) is 62.8 Å². The normalized spacial score (nSPS) is 25.3. The molecule has 4 atom stereocenters. The van der Waals surface area contributed by atoms with Gasteiger partial charge in [0.25, 0.3) is 5.91 Å². The molecule has 4 rings (SSSR count). The minimum absolute atomic E-state index is 0. The fraction of sp³-hybridized carbons (Fsp3) is 0.538. The molecule has 1 heterocycles. The van der Waals surface area contributed by atoms with Gasteiger partial charge in [0.05, 0.1) is 19.1 Å². The quantitative estimate of drug-likeness (QED) is 0.389. The van der Waals surface area contributed by atoms with Crippen molar-refractivity contribution in [3.63, 3.8) is 0 Å². The Bertz CT molecular complexity index is 1020. The molecule has 0 saturated heterocycles. The van der Waals surface area contributed by atoms with E-state index < -0.39 is 11.5 Å². The van der Waals surface area contributed by atoms with Crippen LogP contribution in [0, 0.1) is 62.4 Å². The van der Waals surface area contributed by atoms with Gasteiger partial charge in [-0.2, -0.15) is 5.10 Å². The molecule has 3 unspecified atom stereocenters. The topological polar surface area (TPSA) is 93.4 Å². The Labute approximate surface area is 226 Å². The summed E-state index contributed by atoms with van der Waals surface area (Å²) < 4.78 is 7.49. The third kappa shape index (κ3) is 5.71. The van der Waals surface area contributed by atoms with Crippen molar-refractivity contribution in [3.8, 4) is 17.0 Å². The van der Waals surface area contributed by atoms with Crippen LogP contribution in [0.3, 0.4) is 0 Å². The Morgan fingerprint density at radius 3 is 2.68 bits per heavy atom. The summed E-state index contributed by atoms with van der Waals surface area (Å²) >= 11 is 0. The zero-order valence-corrected chi connectivity index (χ0v) is 24.9. The van der Waals surface area contributed by atoms with E-state index in [9.17, 15) is 14.7 Å². The number of carbonyl (C=O) groups is 2. The van der Waals surface area contributed by atoms with Crippen LogP contribution in [0.5, 0.6) is 5.75 Å². The number of aliphatic carboxylic acids is 1. The number of carbonyl (C=O) groups excluding carboxylic acids is 1. The fourth-order valence-corrected chi connectivity index (χ4v) is 5.32. The van der Waals surface area contributed by atoms with Crippen LogP contribution >= 0.6 is 0 Å². The minimum Gasteiger partial charge on any atom is -0.540 e. The number of nitrogens with one attached hydrogen (secondary N) is 1. The Morgan fingerprint density at radius 2 is 2.12 bits per heavy atom. The first-order valence-corrected chi connectivity index (χ1v) is 11.4. The average molecular weight is 692 g/mol. The predicted molar refractivity (Wildman–Crippen MR) is 127 cm³/mol. The predicted octanol–water partition coefficient (Wildman–Crippen LogP) is 4.79. The molecule has 2 saturated carbocycles. The van der Waals surface area contributed by atoms with Gasteiger partial charge in [0.15, 0.2) is 0 Å². The van der Waals surface area contributed by atoms with Gasteiger partial charge in [-0.15, -0.1) is 24.3 Å². The van der Waals surface area contributed by atoms with E-state index in [1.54, 1.807) is 13.2 Å². The number of nitrogens with zero attached hydrogens (tertiary/aromatic N) is 2. The van der Waals surface area contributed by atoms with Crippen molar-refractivity contribution in [3.05, 3.63) is 43.5 Å². The molecule has 0 radical (unpaired) electrons. The Balaban J connectivity index is 0.00000204. The minimum atomic E-state index is -0.900. The molecule has 0 aliphatic heterocycles. The molecule has 1 amide bonds. The summed E-state index contributed by atoms with van der Waals surface area (Å²) in [6, 6.07) is 10.8. The van der Waals surface area contributed by atoms with E-state index in [4.69, 9.17) is 9.84 Å². The fourth-order valence-electron chi connectivity index (χ4n) is 5.32. The van der Waals surface area contributed by atoms with Crippen LogP contribution in [0.2, 0.25) is 0 Å². The van der Waals surface area contributed by atoms with Crippen LogP contribution in [0.15, 0.2) is 24.3 Å². The molecule has 2 aliphatic carbocycles. The van der Waals surface area contributed by atoms with Crippen molar-refractivity contribution in [2.75, 3.05) is 7.11 Å². The molecule has 8 heteroatoms. The molecular formula is C26H35N3O4U. The molecule has 2 N–H and O–H groups in total. The van der Waals surface area contributed by atoms with Crippen LogP contribution in [0.25, 0.3) is 11.3 Å². The smallest absolute Gasteiger partial charge is 0.540 e. The zero-order chi connectivity index (χ0) is 23.0. The molecule has 1 aromatic carbocycles. The van der Waals surface area contributed by atoms with Crippen molar-refractivity contribution in [1.82, 2.24) is 15.1 Å². The van der Waals surface area contributed by atoms with E-state index >= 15 is 0 Å². The Hall–Kier alpha value is -1.78. The second-order valence-electron chi connectivity index (χ2n) is 9.78. The molecule has 182 valence electrons. The third-order valence-electron chi connectivity index (χ3n) is 7.04. The molecule has 0 bridgehead atoms. The summed E-state index contributed by atoms with van der Waals surface area (Å²) in [5, 5.41) is 17.2. The van der Waals surface area contributed by atoms with Crippen molar-refractivity contribution in [2.45, 2.75) is 64.5 Å². The third-order valence-corrected chi connectivity index (χ3v) is 7.04. The number of amides is 1. The summed E-state index contributed by atoms with van der Waals surface area (Å²) in [4.78, 5) is 24.7. The summed E-state index contributed by atoms with van der Waals surface area (Å²) in [6.45, 7) is 6.36. The van der Waals surface area contributed by atoms with Crippen molar-refractivity contribution in [2.24, 2.45) is 17.8 Å². The maximum atomic E-state index is 13.3. The first-order valence-electron chi connectivity index (χ1n) is 11.4. The standard InChI is InChI=1S/C25H32N3O4.CH3.U/c1-15(2)19-13-25(19,14-23(29)30)26-24(31)20-12-21(18-7-5-6-8-22(18)32-4)28(27-20)17-10-9-16(3)11-17;;/h5-6,8,12,15-17,19H,9-11,13-14H2,1-4H3,(H,26,31)(H,29,30);1H3;/q2*-1;+2/t16?,17?,19-,25?;;/m0../s1. The molecule has 7 nitrogen and oxygen atoms in total. The van der Waals surface area contributed by atoms with E-state index in [1.165, 1.54) is 0 Å². The van der Waals surface area contributed by atoms with Gasteiger partial charge in [-0.1, -0.05) is 26.3 Å². The van der Waals surface area contributed by atoms with E-state index in [0.29, 0.717) is 29.7 Å². The van der Waals surface area contributed by atoms with Crippen LogP contribution in [0.4, 0.5) is 0 Å². The second-order valence-corrected chi connectivity index (χ2v) is 9.78. The van der Waals surface area contributed by atoms with E-state index in [2.05, 4.69) is 32.2 Å². The number of ether oxygens (including phenoxy) is 1. The van der Waals surface area contributed by atoms with Gasteiger partial charge in [0, 0.05) is 11.8 Å². The number of hydrogen-bond donors (Lipinski definition) is 2. The van der Waals surface area contributed by atoms with Gasteiger partial charge in [-0.3, -0.25) is 9.59 Å². The van der Waals surface area contributed by atoms with Crippen LogP contribution < -0.4 is 10.1 Å². The van der Waals surface area contributed by atoms with Gasteiger partial charge < -0.3 is 27.3 Å². The van der Waals surface area contributed by atoms with E-state index in [1.807, 2.05) is 22.9 Å². The number of carboxylic acids is 1. The summed E-state index contributed by atoms with van der Waals surface area (Å²) in [6.07, 6.45) is 3.74. The van der Waals surface area contributed by atoms with Gasteiger partial charge in [-0.05, 0) is 55.2 Å². The Morgan fingerprint density at radius 1 is 1.38 bits per heavy atom. The average Bonchev–Trinajstić information content (AvgIpc) is 3.08. The molecule has 0 spiro atoms. The molecule has 2 aliphatic rings. The second kappa shape index (κ2) is 11.3. The van der Waals surface area contributed by atoms with E-state index in [0.717, 1.165) is 30.5 Å². The molecule has 2 aromatic rings. The van der Waals surface area contributed by atoms with Gasteiger partial charge in [0.1, 0.15) is 5.69 Å². The first-order chi connectivity index (χ1) is 15.2. The number of aromatic nitrogens is 2. The molecule has 34 heavy (non-hydrogen) atoms. The molecular weight excluding hydrogens is 656 g/mol. The van der Waals surface area contributed by atoms with Crippen molar-refractivity contribution < 1.29 is 50.5 Å². The number of methoxy groups -OCH3 is 1. The van der Waals surface area contributed by atoms with Crippen LogP contribution in [-0.2, 0) is 4.79 Å². The summed E-state index contributed by atoms with van der Waals surface area (Å²) in [7, 11) is 1.62. The largest absolute Gasteiger partial charge is 2.00 e. The van der Waals surface area contributed by atoms with Crippen LogP contribution in [-0.4, -0.2) is 39.4 Å². The number of carboxylic acid groups (broad SMARTS) is 1. The number of rotatable bonds is 8.